The normalized spacial score (nSPS) is 11.6. The highest BCUT2D eigenvalue weighted by molar-refractivity contribution is 7.99. The van der Waals surface area contributed by atoms with Gasteiger partial charge in [-0.3, -0.25) is 4.79 Å². The van der Waals surface area contributed by atoms with E-state index in [1.54, 1.807) is 13.0 Å². The summed E-state index contributed by atoms with van der Waals surface area (Å²) in [4.78, 5) is 16.7. The molecule has 27 heavy (non-hydrogen) atoms. The van der Waals surface area contributed by atoms with Crippen molar-refractivity contribution in [1.29, 1.82) is 0 Å². The molecule has 132 valence electrons. The Morgan fingerprint density at radius 2 is 1.89 bits per heavy atom. The minimum Gasteiger partial charge on any atom is -0.360 e. The molecule has 0 unspecified atom stereocenters. The van der Waals surface area contributed by atoms with Crippen LogP contribution in [-0.2, 0) is 4.79 Å². The molecular weight excluding hydrogens is 362 g/mol. The van der Waals surface area contributed by atoms with E-state index in [-0.39, 0.29) is 11.7 Å². The van der Waals surface area contributed by atoms with Crippen molar-refractivity contribution in [2.75, 3.05) is 11.1 Å². The largest absolute Gasteiger partial charge is 0.360 e. The fourth-order valence-corrected chi connectivity index (χ4v) is 3.80. The Bertz CT molecular complexity index is 1200. The number of hydrogen-bond acceptors (Lipinski definition) is 7. The minimum absolute atomic E-state index is 0.156. The molecule has 5 rings (SSSR count). The van der Waals surface area contributed by atoms with E-state index in [1.807, 2.05) is 24.3 Å². The maximum absolute atomic E-state index is 12.1. The number of thioether (sulfide) groups is 1. The lowest BCUT2D eigenvalue weighted by Crippen LogP contribution is -2.14. The molecule has 0 radical (unpaired) electrons. The topological polar surface area (TPSA) is 93.8 Å². The van der Waals surface area contributed by atoms with E-state index in [2.05, 4.69) is 37.8 Å². The summed E-state index contributed by atoms with van der Waals surface area (Å²) in [7, 11) is 0. The lowest BCUT2D eigenvalue weighted by atomic mass is 10.0. The highest BCUT2D eigenvalue weighted by atomic mass is 32.2. The number of hydrogen-bond donors (Lipinski definition) is 1. The van der Waals surface area contributed by atoms with Crippen LogP contribution in [0.2, 0.25) is 0 Å². The molecule has 0 spiro atoms. The highest BCUT2D eigenvalue weighted by Crippen LogP contribution is 2.44. The second-order valence-corrected chi connectivity index (χ2v) is 7.10. The number of fused-ring (bicyclic) bond motifs is 3. The van der Waals surface area contributed by atoms with Crippen molar-refractivity contribution in [3.63, 3.8) is 0 Å². The molecule has 8 heteroatoms. The van der Waals surface area contributed by atoms with Gasteiger partial charge in [-0.1, -0.05) is 53.3 Å². The molecule has 1 aliphatic carbocycles. The molecule has 0 fully saturated rings. The number of aryl methyl sites for hydroxylation is 1. The zero-order chi connectivity index (χ0) is 18.4. The standard InChI is InChI=1S/C19H13N5O2S/c1-10-8-14(24-26-10)20-15(25)9-27-19-21-17-12-6-2-4-11-5-3-7-13(16(11)12)18(17)22-23-19/h2-8H,9H2,1H3,(H,20,24,25). The van der Waals surface area contributed by atoms with Crippen LogP contribution in [0.3, 0.4) is 0 Å². The molecule has 2 aromatic heterocycles. The average molecular weight is 375 g/mol. The molecule has 2 aromatic carbocycles. The Hall–Kier alpha value is -3.26. The number of anilines is 1. The molecule has 0 saturated carbocycles. The zero-order valence-corrected chi connectivity index (χ0v) is 15.1. The van der Waals surface area contributed by atoms with Crippen LogP contribution in [0.5, 0.6) is 0 Å². The molecule has 1 N–H and O–H groups in total. The lowest BCUT2D eigenvalue weighted by molar-refractivity contribution is -0.113. The smallest absolute Gasteiger partial charge is 0.236 e. The molecular formula is C19H13N5O2S. The first-order valence-corrected chi connectivity index (χ1v) is 9.31. The van der Waals surface area contributed by atoms with Crippen LogP contribution in [0.1, 0.15) is 5.76 Å². The van der Waals surface area contributed by atoms with Gasteiger partial charge in [-0.25, -0.2) is 4.98 Å². The third-order valence-corrected chi connectivity index (χ3v) is 5.15. The van der Waals surface area contributed by atoms with Gasteiger partial charge in [-0.05, 0) is 12.3 Å². The first kappa shape index (κ1) is 16.0. The monoisotopic (exact) mass is 375 g/mol. The Labute approximate surface area is 158 Å². The van der Waals surface area contributed by atoms with E-state index in [4.69, 9.17) is 4.52 Å². The van der Waals surface area contributed by atoms with Gasteiger partial charge in [-0.2, -0.15) is 0 Å². The van der Waals surface area contributed by atoms with Crippen LogP contribution in [0.15, 0.2) is 52.1 Å². The van der Waals surface area contributed by atoms with Crippen molar-refractivity contribution >= 4 is 34.3 Å². The molecule has 1 aliphatic rings. The van der Waals surface area contributed by atoms with E-state index < -0.39 is 0 Å². The summed E-state index contributed by atoms with van der Waals surface area (Å²) in [6, 6.07) is 13.9. The van der Waals surface area contributed by atoms with Gasteiger partial charge in [0.2, 0.25) is 11.1 Å². The van der Waals surface area contributed by atoms with Crippen LogP contribution in [0.4, 0.5) is 5.82 Å². The fraction of sp³-hybridized carbons (Fsp3) is 0.105. The molecule has 0 aliphatic heterocycles. The van der Waals surface area contributed by atoms with E-state index in [0.717, 1.165) is 33.3 Å². The average Bonchev–Trinajstić information content (AvgIpc) is 3.23. The van der Waals surface area contributed by atoms with Gasteiger partial charge in [0.15, 0.2) is 5.82 Å². The van der Waals surface area contributed by atoms with Crippen LogP contribution in [0.25, 0.3) is 33.3 Å². The zero-order valence-electron chi connectivity index (χ0n) is 14.3. The number of benzene rings is 2. The van der Waals surface area contributed by atoms with Gasteiger partial charge in [0.25, 0.3) is 0 Å². The fourth-order valence-electron chi connectivity index (χ4n) is 3.21. The van der Waals surface area contributed by atoms with Crippen LogP contribution in [0, 0.1) is 6.92 Å². The van der Waals surface area contributed by atoms with Crippen LogP contribution in [-0.4, -0.2) is 32.0 Å². The van der Waals surface area contributed by atoms with Gasteiger partial charge in [-0.15, -0.1) is 10.2 Å². The molecule has 7 nitrogen and oxygen atoms in total. The molecule has 2 heterocycles. The van der Waals surface area contributed by atoms with E-state index in [1.165, 1.54) is 11.8 Å². The maximum atomic E-state index is 12.1. The van der Waals surface area contributed by atoms with E-state index >= 15 is 0 Å². The minimum atomic E-state index is -0.206. The van der Waals surface area contributed by atoms with Crippen LogP contribution < -0.4 is 5.32 Å². The third-order valence-electron chi connectivity index (χ3n) is 4.31. The van der Waals surface area contributed by atoms with Crippen molar-refractivity contribution in [2.45, 2.75) is 12.1 Å². The molecule has 4 aromatic rings. The highest BCUT2D eigenvalue weighted by Gasteiger charge is 2.25. The molecule has 1 amide bonds. The first-order valence-electron chi connectivity index (χ1n) is 8.32. The Balaban J connectivity index is 1.38. The van der Waals surface area contributed by atoms with Crippen molar-refractivity contribution in [3.05, 3.63) is 48.2 Å². The van der Waals surface area contributed by atoms with Crippen molar-refractivity contribution < 1.29 is 9.32 Å². The molecule has 0 bridgehead atoms. The third kappa shape index (κ3) is 2.74. The predicted molar refractivity (Wildman–Crippen MR) is 102 cm³/mol. The van der Waals surface area contributed by atoms with Gasteiger partial charge < -0.3 is 9.84 Å². The number of rotatable bonds is 4. The first-order chi connectivity index (χ1) is 13.2. The van der Waals surface area contributed by atoms with E-state index in [9.17, 15) is 4.79 Å². The molecule has 0 atom stereocenters. The Morgan fingerprint density at radius 1 is 1.11 bits per heavy atom. The Kier molecular flexibility index (Phi) is 3.64. The summed E-state index contributed by atoms with van der Waals surface area (Å²) in [5.74, 6) is 0.984. The summed E-state index contributed by atoms with van der Waals surface area (Å²) in [6.45, 7) is 1.76. The van der Waals surface area contributed by atoms with Crippen molar-refractivity contribution in [2.24, 2.45) is 0 Å². The second-order valence-electron chi connectivity index (χ2n) is 6.16. The quantitative estimate of drug-likeness (QED) is 0.479. The Morgan fingerprint density at radius 3 is 2.63 bits per heavy atom. The number of carbonyl (C=O) groups excluding carboxylic acids is 1. The van der Waals surface area contributed by atoms with Crippen molar-refractivity contribution in [3.8, 4) is 22.5 Å². The summed E-state index contributed by atoms with van der Waals surface area (Å²) < 4.78 is 4.93. The van der Waals surface area contributed by atoms with Gasteiger partial charge in [0, 0.05) is 22.6 Å². The summed E-state index contributed by atoms with van der Waals surface area (Å²) >= 11 is 1.23. The van der Waals surface area contributed by atoms with Crippen LogP contribution >= 0.6 is 11.8 Å². The summed E-state index contributed by atoms with van der Waals surface area (Å²) in [5.41, 5.74) is 3.70. The number of aromatic nitrogens is 4. The second kappa shape index (κ2) is 6.17. The maximum Gasteiger partial charge on any atom is 0.236 e. The summed E-state index contributed by atoms with van der Waals surface area (Å²) in [6.07, 6.45) is 0. The molecule has 0 saturated heterocycles. The number of nitrogens with one attached hydrogen (secondary N) is 1. The number of carbonyl (C=O) groups is 1. The predicted octanol–water partition coefficient (Wildman–Crippen LogP) is 3.70. The SMILES string of the molecule is Cc1cc(NC(=O)CSc2nnc3c(n2)-c2cccc4cccc-3c24)no1. The summed E-state index contributed by atoms with van der Waals surface area (Å²) in [5, 5.41) is 17.7. The van der Waals surface area contributed by atoms with Gasteiger partial charge >= 0.3 is 0 Å². The van der Waals surface area contributed by atoms with Gasteiger partial charge in [0.1, 0.15) is 17.1 Å². The number of nitrogens with zero attached hydrogens (tertiary/aromatic N) is 4. The van der Waals surface area contributed by atoms with E-state index in [0.29, 0.717) is 16.7 Å². The number of amides is 1. The van der Waals surface area contributed by atoms with Crippen molar-refractivity contribution in [1.82, 2.24) is 20.3 Å². The lowest BCUT2D eigenvalue weighted by Gasteiger charge is -2.03. The van der Waals surface area contributed by atoms with Gasteiger partial charge in [0.05, 0.1) is 5.75 Å².